The molecule has 11 heteroatoms. The standard InChI is InChI=1S/C21H22N6O3S2.3H2/c1-12(2)32(28,29)15-7-4-13(5-8-15)16-11-24-19(22)18(25-16)21-27-26-20(30-21)17-9-6-14(31-17)10-23-3;;;/h4-9,11-12,23H,10H2,1-3H3,(H2,22,24);3*1H. The molecule has 3 aromatic heterocycles. The third kappa shape index (κ3) is 4.27. The lowest BCUT2D eigenvalue weighted by molar-refractivity contribution is 0.583. The average molecular weight is 477 g/mol. The van der Waals surface area contributed by atoms with Crippen molar-refractivity contribution in [3.8, 4) is 33.6 Å². The Balaban J connectivity index is 0.00000204. The predicted molar refractivity (Wildman–Crippen MR) is 130 cm³/mol. The highest BCUT2D eigenvalue weighted by Gasteiger charge is 2.20. The summed E-state index contributed by atoms with van der Waals surface area (Å²) in [6.45, 7) is 4.05. The number of sulfone groups is 1. The van der Waals surface area contributed by atoms with Crippen LogP contribution in [-0.2, 0) is 16.4 Å². The van der Waals surface area contributed by atoms with Crippen LogP contribution in [0.1, 0.15) is 23.0 Å². The lowest BCUT2D eigenvalue weighted by Gasteiger charge is -2.09. The lowest BCUT2D eigenvalue weighted by Crippen LogP contribution is -2.13. The van der Waals surface area contributed by atoms with E-state index in [0.29, 0.717) is 17.1 Å². The number of nitrogens with one attached hydrogen (secondary N) is 1. The van der Waals surface area contributed by atoms with Crippen molar-refractivity contribution in [1.29, 1.82) is 0 Å². The van der Waals surface area contributed by atoms with Crippen molar-refractivity contribution in [2.75, 3.05) is 12.8 Å². The molecule has 32 heavy (non-hydrogen) atoms. The summed E-state index contributed by atoms with van der Waals surface area (Å²) in [5.41, 5.74) is 7.49. The van der Waals surface area contributed by atoms with Gasteiger partial charge in [0.25, 0.3) is 11.8 Å². The molecule has 0 saturated heterocycles. The first-order valence-corrected chi connectivity index (χ1v) is 12.2. The van der Waals surface area contributed by atoms with Crippen molar-refractivity contribution in [3.63, 3.8) is 0 Å². The smallest absolute Gasteiger partial charge is 0.270 e. The first kappa shape index (κ1) is 22.1. The SMILES string of the molecule is CNCc1ccc(-c2nnc(-c3nc(-c4ccc(S(=O)(=O)C(C)C)cc4)cnc3N)o2)s1.[HH].[HH].[HH]. The van der Waals surface area contributed by atoms with Crippen LogP contribution in [0.4, 0.5) is 5.82 Å². The van der Waals surface area contributed by atoms with Gasteiger partial charge in [-0.25, -0.2) is 18.4 Å². The number of nitrogen functional groups attached to an aromatic ring is 1. The van der Waals surface area contributed by atoms with Crippen LogP contribution in [0.2, 0.25) is 0 Å². The average Bonchev–Trinajstić information content (AvgIpc) is 3.44. The van der Waals surface area contributed by atoms with Crippen LogP contribution in [0, 0.1) is 0 Å². The monoisotopic (exact) mass is 476 g/mol. The molecule has 9 nitrogen and oxygen atoms in total. The molecule has 3 N–H and O–H groups in total. The maximum Gasteiger partial charge on any atom is 0.270 e. The van der Waals surface area contributed by atoms with E-state index in [1.54, 1.807) is 49.4 Å². The first-order chi connectivity index (χ1) is 15.3. The van der Waals surface area contributed by atoms with Gasteiger partial charge in [0.05, 0.1) is 26.9 Å². The van der Waals surface area contributed by atoms with Gasteiger partial charge in [0.15, 0.2) is 21.3 Å². The molecule has 0 aliphatic heterocycles. The third-order valence-electron chi connectivity index (χ3n) is 4.75. The van der Waals surface area contributed by atoms with E-state index in [1.807, 2.05) is 19.2 Å². The Bertz CT molecular complexity index is 1360. The van der Waals surface area contributed by atoms with E-state index in [0.717, 1.165) is 16.3 Å². The lowest BCUT2D eigenvalue weighted by atomic mass is 10.1. The zero-order valence-electron chi connectivity index (χ0n) is 17.7. The Labute approximate surface area is 194 Å². The largest absolute Gasteiger partial charge is 0.414 e. The highest BCUT2D eigenvalue weighted by Crippen LogP contribution is 2.31. The Morgan fingerprint density at radius 1 is 1.12 bits per heavy atom. The number of rotatable bonds is 7. The van der Waals surface area contributed by atoms with E-state index in [-0.39, 0.29) is 26.6 Å². The number of anilines is 1. The Morgan fingerprint density at radius 3 is 2.53 bits per heavy atom. The van der Waals surface area contributed by atoms with Gasteiger partial charge in [-0.1, -0.05) is 12.1 Å². The minimum atomic E-state index is -3.35. The summed E-state index contributed by atoms with van der Waals surface area (Å²) in [7, 11) is -1.47. The van der Waals surface area contributed by atoms with Crippen LogP contribution >= 0.6 is 11.3 Å². The Kier molecular flexibility index (Phi) is 6.04. The molecule has 0 spiro atoms. The van der Waals surface area contributed by atoms with Gasteiger partial charge in [-0.3, -0.25) is 0 Å². The van der Waals surface area contributed by atoms with Gasteiger partial charge < -0.3 is 15.5 Å². The molecule has 0 unspecified atom stereocenters. The van der Waals surface area contributed by atoms with E-state index < -0.39 is 15.1 Å². The van der Waals surface area contributed by atoms with Gasteiger partial charge in [-0.05, 0) is 45.2 Å². The van der Waals surface area contributed by atoms with Crippen molar-refractivity contribution in [3.05, 3.63) is 47.5 Å². The summed E-state index contributed by atoms with van der Waals surface area (Å²) >= 11 is 1.55. The molecular formula is C21H28N6O3S2. The second kappa shape index (κ2) is 8.77. The van der Waals surface area contributed by atoms with Crippen molar-refractivity contribution in [1.82, 2.24) is 25.5 Å². The summed E-state index contributed by atoms with van der Waals surface area (Å²) < 4.78 is 30.5. The number of hydrogen-bond acceptors (Lipinski definition) is 10. The fourth-order valence-electron chi connectivity index (χ4n) is 2.96. The number of thiophene rings is 1. The van der Waals surface area contributed by atoms with Crippen LogP contribution in [0.25, 0.3) is 33.6 Å². The molecule has 4 aromatic rings. The van der Waals surface area contributed by atoms with Crippen molar-refractivity contribution in [2.24, 2.45) is 0 Å². The molecule has 0 radical (unpaired) electrons. The van der Waals surface area contributed by atoms with E-state index in [2.05, 4.69) is 25.5 Å². The Hall–Kier alpha value is -3.15. The van der Waals surface area contributed by atoms with Gasteiger partial charge in [-0.15, -0.1) is 21.5 Å². The van der Waals surface area contributed by atoms with E-state index in [1.165, 1.54) is 6.20 Å². The highest BCUT2D eigenvalue weighted by atomic mass is 32.2. The first-order valence-electron chi connectivity index (χ1n) is 9.84. The predicted octanol–water partition coefficient (Wildman–Crippen LogP) is 4.14. The molecule has 3 heterocycles. The molecule has 0 saturated carbocycles. The van der Waals surface area contributed by atoms with Crippen LogP contribution < -0.4 is 11.1 Å². The second-order valence-electron chi connectivity index (χ2n) is 7.32. The van der Waals surface area contributed by atoms with Crippen molar-refractivity contribution >= 4 is 27.0 Å². The highest BCUT2D eigenvalue weighted by molar-refractivity contribution is 7.92. The van der Waals surface area contributed by atoms with Gasteiger partial charge in [0.1, 0.15) is 0 Å². The van der Waals surface area contributed by atoms with Crippen molar-refractivity contribution in [2.45, 2.75) is 30.5 Å². The van der Waals surface area contributed by atoms with E-state index in [4.69, 9.17) is 10.2 Å². The van der Waals surface area contributed by atoms with Crippen LogP contribution in [0.15, 0.2) is 51.9 Å². The minimum Gasteiger partial charge on any atom is -0.414 e. The minimum absolute atomic E-state index is 0. The maximum absolute atomic E-state index is 12.3. The second-order valence-corrected chi connectivity index (χ2v) is 11.0. The number of benzene rings is 1. The summed E-state index contributed by atoms with van der Waals surface area (Å²) in [5.74, 6) is 0.696. The molecule has 0 atom stereocenters. The quantitative estimate of drug-likeness (QED) is 0.403. The number of aromatic nitrogens is 4. The summed E-state index contributed by atoms with van der Waals surface area (Å²) in [5, 5.41) is 10.8. The van der Waals surface area contributed by atoms with Gasteiger partial charge in [-0.2, -0.15) is 0 Å². The van der Waals surface area contributed by atoms with Crippen LogP contribution in [-0.4, -0.2) is 40.9 Å². The van der Waals surface area contributed by atoms with Crippen molar-refractivity contribution < 1.29 is 17.1 Å². The van der Waals surface area contributed by atoms with E-state index in [9.17, 15) is 8.42 Å². The van der Waals surface area contributed by atoms with Crippen LogP contribution in [0.3, 0.4) is 0 Å². The molecule has 0 amide bonds. The normalized spacial score (nSPS) is 11.9. The molecular weight excluding hydrogens is 448 g/mol. The fourth-order valence-corrected chi connectivity index (χ4v) is 4.96. The zero-order valence-corrected chi connectivity index (χ0v) is 19.4. The van der Waals surface area contributed by atoms with E-state index >= 15 is 0 Å². The summed E-state index contributed by atoms with van der Waals surface area (Å²) in [6.07, 6.45) is 1.52. The zero-order chi connectivity index (χ0) is 22.9. The maximum atomic E-state index is 12.3. The van der Waals surface area contributed by atoms with Crippen LogP contribution in [0.5, 0.6) is 0 Å². The third-order valence-corrected chi connectivity index (χ3v) is 7.99. The molecule has 172 valence electrons. The molecule has 0 fully saturated rings. The summed E-state index contributed by atoms with van der Waals surface area (Å²) in [6, 6.07) is 10.4. The number of nitrogens with zero attached hydrogens (tertiary/aromatic N) is 4. The van der Waals surface area contributed by atoms with Gasteiger partial charge >= 0.3 is 0 Å². The molecule has 1 aromatic carbocycles. The molecule has 0 aliphatic rings. The fraction of sp³-hybridized carbons (Fsp3) is 0.238. The summed E-state index contributed by atoms with van der Waals surface area (Å²) in [4.78, 5) is 11.0. The molecule has 0 aliphatic carbocycles. The number of nitrogens with two attached hydrogens (primary N) is 1. The van der Waals surface area contributed by atoms with Gasteiger partial charge in [0.2, 0.25) is 0 Å². The topological polar surface area (TPSA) is 137 Å². The molecule has 0 bridgehead atoms. The Morgan fingerprint density at radius 2 is 1.84 bits per heavy atom. The molecule has 4 rings (SSSR count). The van der Waals surface area contributed by atoms with Gasteiger partial charge in [0, 0.05) is 21.3 Å². The number of hydrogen-bond donors (Lipinski definition) is 2.